The van der Waals surface area contributed by atoms with Crippen LogP contribution in [-0.4, -0.2) is 80.8 Å². The van der Waals surface area contributed by atoms with Gasteiger partial charge in [0.05, 0.1) is 17.9 Å². The third kappa shape index (κ3) is 4.36. The maximum absolute atomic E-state index is 13.1. The third-order valence-corrected chi connectivity index (χ3v) is 7.20. The Labute approximate surface area is 200 Å². The number of nitrogens with zero attached hydrogens (tertiary/aromatic N) is 4. The maximum atomic E-state index is 13.1. The van der Waals surface area contributed by atoms with Gasteiger partial charge < -0.3 is 30.1 Å². The van der Waals surface area contributed by atoms with Gasteiger partial charge in [-0.2, -0.15) is 0 Å². The van der Waals surface area contributed by atoms with Crippen LogP contribution in [0.5, 0.6) is 0 Å². The van der Waals surface area contributed by atoms with Crippen molar-refractivity contribution >= 4 is 29.1 Å². The molecule has 3 heterocycles. The molecule has 0 spiro atoms. The molecule has 5 rings (SSSR count). The minimum Gasteiger partial charge on any atom is -0.448 e. The number of ether oxygens (including phenoxy) is 1. The van der Waals surface area contributed by atoms with Crippen molar-refractivity contribution in [3.05, 3.63) is 53.1 Å². The highest BCUT2D eigenvalue weighted by atomic mass is 16.6. The number of carbonyl (C=O) groups is 2. The van der Waals surface area contributed by atoms with Crippen LogP contribution in [0.25, 0.3) is 0 Å². The molecule has 0 saturated carbocycles. The second kappa shape index (κ2) is 9.44. The molecule has 0 atom stereocenters. The van der Waals surface area contributed by atoms with Crippen LogP contribution in [0.4, 0.5) is 21.9 Å². The van der Waals surface area contributed by atoms with E-state index in [4.69, 9.17) is 10.5 Å². The van der Waals surface area contributed by atoms with Crippen LogP contribution < -0.4 is 15.5 Å². The number of nitrogens with two attached hydrogens (primary N) is 1. The average Bonchev–Trinajstić information content (AvgIpc) is 3.26. The largest absolute Gasteiger partial charge is 0.448 e. The lowest BCUT2D eigenvalue weighted by atomic mass is 9.96. The van der Waals surface area contributed by atoms with Crippen molar-refractivity contribution in [1.29, 1.82) is 0 Å². The van der Waals surface area contributed by atoms with E-state index >= 15 is 0 Å². The molecule has 180 valence electrons. The highest BCUT2D eigenvalue weighted by Crippen LogP contribution is 2.32. The molecule has 2 saturated heterocycles. The zero-order valence-corrected chi connectivity index (χ0v) is 19.8. The summed E-state index contributed by atoms with van der Waals surface area (Å²) in [5, 5.41) is 0. The second-order valence-corrected chi connectivity index (χ2v) is 9.33. The molecule has 34 heavy (non-hydrogen) atoms. The van der Waals surface area contributed by atoms with Gasteiger partial charge in [-0.15, -0.1) is 0 Å². The van der Waals surface area contributed by atoms with Crippen LogP contribution in [0.15, 0.2) is 36.4 Å². The maximum Gasteiger partial charge on any atom is 0.409 e. The summed E-state index contributed by atoms with van der Waals surface area (Å²) >= 11 is 0. The van der Waals surface area contributed by atoms with Crippen molar-refractivity contribution in [2.75, 3.05) is 74.5 Å². The molecule has 3 aliphatic rings. The van der Waals surface area contributed by atoms with Gasteiger partial charge in [0.1, 0.15) is 6.61 Å². The summed E-state index contributed by atoms with van der Waals surface area (Å²) in [6.07, 6.45) is 1.31. The van der Waals surface area contributed by atoms with Crippen molar-refractivity contribution < 1.29 is 14.3 Å². The first-order chi connectivity index (χ1) is 16.5. The summed E-state index contributed by atoms with van der Waals surface area (Å²) in [6.45, 7) is 8.87. The number of para-hydroxylation sites is 1. The van der Waals surface area contributed by atoms with Crippen LogP contribution in [0.2, 0.25) is 0 Å². The van der Waals surface area contributed by atoms with Crippen LogP contribution in [-0.2, 0) is 11.2 Å². The summed E-state index contributed by atoms with van der Waals surface area (Å²) in [5.74, 6) is 0.0351. The van der Waals surface area contributed by atoms with E-state index in [1.54, 1.807) is 4.90 Å². The Balaban J connectivity index is 1.21. The van der Waals surface area contributed by atoms with Crippen LogP contribution >= 0.6 is 0 Å². The number of cyclic esters (lactones) is 1. The van der Waals surface area contributed by atoms with Gasteiger partial charge in [-0.1, -0.05) is 18.2 Å². The lowest BCUT2D eigenvalue weighted by Crippen LogP contribution is -2.47. The van der Waals surface area contributed by atoms with Gasteiger partial charge in [0.15, 0.2) is 0 Å². The zero-order chi connectivity index (χ0) is 23.7. The minimum absolute atomic E-state index is 0.0351. The number of rotatable bonds is 6. The molecule has 2 N–H and O–H groups in total. The number of hydrogen-bond donors (Lipinski definition) is 1. The number of benzene rings is 2. The normalized spacial score (nSPS) is 18.4. The fraction of sp³-hybridized carbons (Fsp3) is 0.462. The van der Waals surface area contributed by atoms with E-state index in [1.165, 1.54) is 11.3 Å². The highest BCUT2D eigenvalue weighted by molar-refractivity contribution is 5.99. The molecule has 8 nitrogen and oxygen atoms in total. The zero-order valence-electron chi connectivity index (χ0n) is 19.8. The van der Waals surface area contributed by atoms with E-state index in [-0.39, 0.29) is 12.0 Å². The lowest BCUT2D eigenvalue weighted by molar-refractivity contribution is 0.0734. The first-order valence-electron chi connectivity index (χ1n) is 12.2. The Morgan fingerprint density at radius 3 is 2.29 bits per heavy atom. The summed E-state index contributed by atoms with van der Waals surface area (Å²) < 4.78 is 4.97. The number of piperazine rings is 1. The van der Waals surface area contributed by atoms with E-state index in [0.717, 1.165) is 50.3 Å². The second-order valence-electron chi connectivity index (χ2n) is 9.33. The van der Waals surface area contributed by atoms with Crippen molar-refractivity contribution in [3.63, 3.8) is 0 Å². The number of aryl methyl sites for hydroxylation is 1. The summed E-state index contributed by atoms with van der Waals surface area (Å²) in [6, 6.07) is 12.5. The molecular weight excluding hydrogens is 430 g/mol. The van der Waals surface area contributed by atoms with Crippen LogP contribution in [0.3, 0.4) is 0 Å². The van der Waals surface area contributed by atoms with Gasteiger partial charge in [-0.25, -0.2) is 4.79 Å². The quantitative estimate of drug-likeness (QED) is 0.664. The van der Waals surface area contributed by atoms with Gasteiger partial charge in [0.2, 0.25) is 0 Å². The molecule has 2 fully saturated rings. The fourth-order valence-corrected chi connectivity index (χ4v) is 5.26. The molecule has 3 aliphatic heterocycles. The highest BCUT2D eigenvalue weighted by Gasteiger charge is 2.28. The van der Waals surface area contributed by atoms with Gasteiger partial charge in [0.25, 0.3) is 5.91 Å². The van der Waals surface area contributed by atoms with E-state index in [2.05, 4.69) is 47.1 Å². The number of fused-ring (bicyclic) bond motifs is 1. The molecule has 0 unspecified atom stereocenters. The van der Waals surface area contributed by atoms with Gasteiger partial charge in [-0.3, -0.25) is 4.79 Å². The summed E-state index contributed by atoms with van der Waals surface area (Å²) in [5.41, 5.74) is 12.6. The third-order valence-electron chi connectivity index (χ3n) is 7.20. The lowest BCUT2D eigenvalue weighted by Gasteiger charge is -2.39. The van der Waals surface area contributed by atoms with Crippen molar-refractivity contribution in [3.8, 4) is 0 Å². The molecule has 2 amide bonds. The van der Waals surface area contributed by atoms with Gasteiger partial charge >= 0.3 is 6.09 Å². The SMILES string of the molecule is Cc1ccccc1N1CCN(c2cc3c(cc2N)C(=O)N(CCCN2CCOC2=O)CC3)CC1. The molecule has 0 bridgehead atoms. The number of anilines is 3. The fourth-order valence-electron chi connectivity index (χ4n) is 5.26. The Morgan fingerprint density at radius 1 is 0.882 bits per heavy atom. The summed E-state index contributed by atoms with van der Waals surface area (Å²) in [4.78, 5) is 33.1. The van der Waals surface area contributed by atoms with Gasteiger partial charge in [0, 0.05) is 57.1 Å². The predicted octanol–water partition coefficient (Wildman–Crippen LogP) is 2.74. The Kier molecular flexibility index (Phi) is 6.22. The Hall–Kier alpha value is -3.42. The molecular formula is C26H33N5O3. The Morgan fingerprint density at radius 2 is 1.59 bits per heavy atom. The van der Waals surface area contributed by atoms with E-state index < -0.39 is 0 Å². The number of carbonyl (C=O) groups excluding carboxylic acids is 2. The topological polar surface area (TPSA) is 82.3 Å². The minimum atomic E-state index is -0.254. The summed E-state index contributed by atoms with van der Waals surface area (Å²) in [7, 11) is 0. The van der Waals surface area contributed by atoms with Crippen LogP contribution in [0, 0.1) is 6.92 Å². The molecule has 2 aromatic rings. The standard InChI is InChI=1S/C26H33N5O3/c1-19-5-2-3-6-23(19)28-11-13-29(14-12-28)24-17-20-7-10-30(25(32)21(20)18-22(24)27)8-4-9-31-15-16-34-26(31)33/h2-3,5-6,17-18H,4,7-16,27H2,1H3. The van der Waals surface area contributed by atoms with Crippen molar-refractivity contribution in [2.45, 2.75) is 19.8 Å². The monoisotopic (exact) mass is 463 g/mol. The van der Waals surface area contributed by atoms with E-state index in [1.807, 2.05) is 11.0 Å². The first-order valence-corrected chi connectivity index (χ1v) is 12.2. The van der Waals surface area contributed by atoms with Gasteiger partial charge in [-0.05, 0) is 49.1 Å². The van der Waals surface area contributed by atoms with Crippen LogP contribution in [0.1, 0.15) is 27.9 Å². The van der Waals surface area contributed by atoms with E-state index in [9.17, 15) is 9.59 Å². The number of hydrogen-bond acceptors (Lipinski definition) is 6. The van der Waals surface area contributed by atoms with E-state index in [0.29, 0.717) is 44.0 Å². The molecule has 2 aromatic carbocycles. The average molecular weight is 464 g/mol. The number of nitrogen functional groups attached to an aromatic ring is 1. The van der Waals surface area contributed by atoms with Crippen molar-refractivity contribution in [1.82, 2.24) is 9.80 Å². The smallest absolute Gasteiger partial charge is 0.409 e. The number of amides is 2. The molecule has 0 aliphatic carbocycles. The Bertz CT molecular complexity index is 1080. The molecule has 0 aromatic heterocycles. The molecule has 8 heteroatoms. The predicted molar refractivity (Wildman–Crippen MR) is 134 cm³/mol. The molecule has 0 radical (unpaired) electrons. The first kappa shape index (κ1) is 22.4. The van der Waals surface area contributed by atoms with Crippen molar-refractivity contribution in [2.24, 2.45) is 0 Å².